The van der Waals surface area contributed by atoms with Crippen molar-refractivity contribution in [3.63, 3.8) is 0 Å². The second-order valence-corrected chi connectivity index (χ2v) is 18.9. The number of phenolic OH excluding ortho intramolecular Hbond substituents is 7. The molecule has 0 aliphatic carbocycles. The number of aromatic nitrogens is 4. The normalized spacial score (nSPS) is 17.3. The zero-order valence-corrected chi connectivity index (χ0v) is 41.1. The lowest BCUT2D eigenvalue weighted by Crippen LogP contribution is -2.53. The summed E-state index contributed by atoms with van der Waals surface area (Å²) in [6.07, 6.45) is 0.483. The van der Waals surface area contributed by atoms with Crippen LogP contribution < -0.4 is 46.3 Å². The number of phenols is 7. The van der Waals surface area contributed by atoms with E-state index in [-0.39, 0.29) is 99.0 Å². The van der Waals surface area contributed by atoms with Crippen LogP contribution in [0.5, 0.6) is 51.7 Å². The number of methoxy groups -OCH3 is 1. The van der Waals surface area contributed by atoms with Crippen molar-refractivity contribution in [1.82, 2.24) is 19.6 Å². The molecule has 6 amide bonds. The number of amides is 6. The number of hydrogen-bond acceptors (Lipinski definition) is 20. The maximum Gasteiger partial charge on any atom is 0.286 e. The van der Waals surface area contributed by atoms with Crippen molar-refractivity contribution in [2.24, 2.45) is 17.4 Å². The van der Waals surface area contributed by atoms with Crippen LogP contribution in [0.4, 0.5) is 28.4 Å². The summed E-state index contributed by atoms with van der Waals surface area (Å²) in [5.41, 5.74) is 15.6. The molecule has 78 heavy (non-hydrogen) atoms. The fourth-order valence-electron chi connectivity index (χ4n) is 10.3. The monoisotopic (exact) mass is 1080 g/mol. The van der Waals surface area contributed by atoms with Gasteiger partial charge in [0.05, 0.1) is 13.7 Å². The molecule has 0 radical (unpaired) electrons. The Bertz CT molecular complexity index is 3500. The maximum absolute atomic E-state index is 14.3. The largest absolute Gasteiger partial charge is 0.503 e. The Morgan fingerprint density at radius 3 is 1.55 bits per heavy atom. The van der Waals surface area contributed by atoms with E-state index in [1.807, 2.05) is 0 Å². The Labute approximate surface area is 439 Å². The standard InChI is InChI=1S/C50H49N11O17/c1-77-43-36(63)29(51)34(37(64)40(43)67)60-32-26(30(54-60)45(52)70)13-17-56(47(32)72)23-6-10-25(11-7-23)59-19-21(3-12-28(59)62)20-78-44-41(68)38(65)35(39(66)42(44)69)61-33-27(31(55-61)46(53)71)14-18-57(48(33)73)22-4-8-24(9-5-22)58-16-2-15-50(75,76)49(58)74/h4-11,21,63-69,75-76H,2-3,12-20,51H2,1H3,(H2,52,70)(H2,53,71). The smallest absolute Gasteiger partial charge is 0.286 e. The van der Waals surface area contributed by atoms with Gasteiger partial charge >= 0.3 is 0 Å². The molecule has 6 aromatic rings. The first-order chi connectivity index (χ1) is 37.1. The highest BCUT2D eigenvalue weighted by Crippen LogP contribution is 2.55. The van der Waals surface area contributed by atoms with E-state index in [1.165, 1.54) is 43.9 Å². The quantitative estimate of drug-likeness (QED) is 0.0349. The van der Waals surface area contributed by atoms with Crippen LogP contribution in [0, 0.1) is 5.92 Å². The summed E-state index contributed by atoms with van der Waals surface area (Å²) in [6.45, 7) is -0.0447. The van der Waals surface area contributed by atoms with Gasteiger partial charge in [0.1, 0.15) is 22.8 Å². The number of nitrogens with two attached hydrogens (primary N) is 3. The molecule has 4 aliphatic heterocycles. The minimum absolute atomic E-state index is 0.0133. The molecule has 15 N–H and O–H groups in total. The number of nitrogen functional groups attached to an aromatic ring is 1. The highest BCUT2D eigenvalue weighted by atomic mass is 16.5. The van der Waals surface area contributed by atoms with Gasteiger partial charge in [-0.25, -0.2) is 9.36 Å². The fourth-order valence-corrected chi connectivity index (χ4v) is 10.3. The average Bonchev–Trinajstić information content (AvgIpc) is 4.05. The molecule has 4 aliphatic rings. The number of hydrogen-bond donors (Lipinski definition) is 12. The summed E-state index contributed by atoms with van der Waals surface area (Å²) in [7, 11) is 1.10. The van der Waals surface area contributed by atoms with Crippen LogP contribution in [-0.4, -0.2) is 147 Å². The van der Waals surface area contributed by atoms with E-state index in [0.717, 1.165) is 11.8 Å². The lowest BCUT2D eigenvalue weighted by molar-refractivity contribution is -0.188. The van der Waals surface area contributed by atoms with Gasteiger partial charge in [-0.05, 0) is 74.2 Å². The number of nitrogens with zero attached hydrogens (tertiary/aromatic N) is 8. The molecule has 10 rings (SSSR count). The SMILES string of the molecule is COc1c(O)c(N)c(-n2nc(C(N)=O)c3c2C(=O)N(c2ccc(N4CC(COc5c(O)c(O)c(-n6nc(C(N)=O)c7c6C(=O)N(c6ccc(N8CCCC(O)(O)C8=O)cc6)CC7)c(O)c5O)CCC4=O)cc2)CC3)c(O)c1O. The van der Waals surface area contributed by atoms with Crippen LogP contribution >= 0.6 is 0 Å². The number of primary amides is 2. The van der Waals surface area contributed by atoms with Crippen molar-refractivity contribution in [2.75, 3.05) is 65.2 Å². The fraction of sp³-hybridized carbons (Fsp3) is 0.280. The molecule has 0 saturated carbocycles. The number of rotatable bonds is 12. The first-order valence-corrected chi connectivity index (χ1v) is 24.0. The highest BCUT2D eigenvalue weighted by molar-refractivity contribution is 6.11. The van der Waals surface area contributed by atoms with Crippen LogP contribution in [0.25, 0.3) is 11.4 Å². The molecule has 2 aromatic heterocycles. The number of carbonyl (C=O) groups is 6. The Morgan fingerprint density at radius 1 is 0.615 bits per heavy atom. The van der Waals surface area contributed by atoms with Gasteiger partial charge in [0, 0.05) is 78.8 Å². The zero-order valence-electron chi connectivity index (χ0n) is 41.1. The number of anilines is 5. The molecule has 1 unspecified atom stereocenters. The topological polar surface area (TPSA) is 430 Å². The number of piperidine rings is 2. The maximum atomic E-state index is 14.3. The van der Waals surface area contributed by atoms with Gasteiger partial charge in [0.2, 0.25) is 40.4 Å². The minimum Gasteiger partial charge on any atom is -0.503 e. The van der Waals surface area contributed by atoms with Crippen molar-refractivity contribution in [1.29, 1.82) is 0 Å². The Balaban J connectivity index is 0.864. The molecule has 28 nitrogen and oxygen atoms in total. The zero-order chi connectivity index (χ0) is 56.0. The van der Waals surface area contributed by atoms with E-state index in [2.05, 4.69) is 10.2 Å². The lowest BCUT2D eigenvalue weighted by Gasteiger charge is -2.35. The number of ether oxygens (including phenoxy) is 2. The molecule has 406 valence electrons. The van der Waals surface area contributed by atoms with Crippen LogP contribution in [0.2, 0.25) is 0 Å². The summed E-state index contributed by atoms with van der Waals surface area (Å²) in [6, 6.07) is 12.2. The van der Waals surface area contributed by atoms with Crippen LogP contribution in [0.15, 0.2) is 48.5 Å². The van der Waals surface area contributed by atoms with E-state index in [0.29, 0.717) is 33.9 Å². The first kappa shape index (κ1) is 51.5. The van der Waals surface area contributed by atoms with Crippen molar-refractivity contribution in [3.8, 4) is 63.1 Å². The van der Waals surface area contributed by atoms with Crippen molar-refractivity contribution in [2.45, 2.75) is 44.3 Å². The Morgan fingerprint density at radius 2 is 1.06 bits per heavy atom. The second kappa shape index (κ2) is 19.0. The van der Waals surface area contributed by atoms with E-state index in [4.69, 9.17) is 26.7 Å². The summed E-state index contributed by atoms with van der Waals surface area (Å²) in [5.74, 6) is -16.2. The third-order valence-corrected chi connectivity index (χ3v) is 14.3. The summed E-state index contributed by atoms with van der Waals surface area (Å²) < 4.78 is 12.2. The van der Waals surface area contributed by atoms with Gasteiger partial charge in [0.25, 0.3) is 29.5 Å². The predicted octanol–water partition coefficient (Wildman–Crippen LogP) is 0.821. The van der Waals surface area contributed by atoms with E-state index < -0.39 is 116 Å². The van der Waals surface area contributed by atoms with E-state index in [9.17, 15) is 74.7 Å². The van der Waals surface area contributed by atoms with Gasteiger partial charge in [-0.15, -0.1) is 0 Å². The molecule has 28 heteroatoms. The van der Waals surface area contributed by atoms with Gasteiger partial charge in [-0.1, -0.05) is 0 Å². The van der Waals surface area contributed by atoms with Crippen molar-refractivity contribution >= 4 is 63.9 Å². The molecule has 6 heterocycles. The molecule has 2 saturated heterocycles. The van der Waals surface area contributed by atoms with Crippen LogP contribution in [-0.2, 0) is 22.4 Å². The van der Waals surface area contributed by atoms with Gasteiger partial charge in [0.15, 0.2) is 40.1 Å². The van der Waals surface area contributed by atoms with Gasteiger partial charge in [-0.3, -0.25) is 28.8 Å². The predicted molar refractivity (Wildman–Crippen MR) is 270 cm³/mol. The third-order valence-electron chi connectivity index (χ3n) is 14.3. The molecule has 2 fully saturated rings. The third kappa shape index (κ3) is 8.16. The average molecular weight is 1080 g/mol. The molecule has 4 aromatic carbocycles. The van der Waals surface area contributed by atoms with Crippen molar-refractivity contribution < 1.29 is 84.2 Å². The van der Waals surface area contributed by atoms with Gasteiger partial charge < -0.3 is 92.2 Å². The van der Waals surface area contributed by atoms with Crippen LogP contribution in [0.1, 0.15) is 78.8 Å². The molecule has 0 bridgehead atoms. The number of aliphatic hydroxyl groups is 2. The molecule has 1 atom stereocenters. The number of fused-ring (bicyclic) bond motifs is 2. The summed E-state index contributed by atoms with van der Waals surface area (Å²) in [5, 5.41) is 106. The van der Waals surface area contributed by atoms with Crippen LogP contribution in [0.3, 0.4) is 0 Å². The lowest BCUT2D eigenvalue weighted by atomic mass is 9.97. The second-order valence-electron chi connectivity index (χ2n) is 18.9. The number of benzene rings is 4. The molecular weight excluding hydrogens is 1030 g/mol. The highest BCUT2D eigenvalue weighted by Gasteiger charge is 2.43. The van der Waals surface area contributed by atoms with E-state index >= 15 is 0 Å². The Kier molecular flexibility index (Phi) is 12.6. The molecule has 0 spiro atoms. The minimum atomic E-state index is -2.53. The van der Waals surface area contributed by atoms with Crippen molar-refractivity contribution in [3.05, 3.63) is 82.4 Å². The van der Waals surface area contributed by atoms with E-state index in [1.54, 1.807) is 24.3 Å². The first-order valence-electron chi connectivity index (χ1n) is 24.0. The number of aromatic hydroxyl groups is 7. The van der Waals surface area contributed by atoms with Gasteiger partial charge in [-0.2, -0.15) is 10.2 Å². The Hall–Kier alpha value is -9.96. The summed E-state index contributed by atoms with van der Waals surface area (Å²) >= 11 is 0. The molecular formula is C50H49N11O17. The number of carbonyl (C=O) groups excluding carboxylic acids is 6. The summed E-state index contributed by atoms with van der Waals surface area (Å²) in [4.78, 5) is 85.0.